The molecule has 0 aromatic heterocycles. The fraction of sp³-hybridized carbons (Fsp3) is 0.278. The van der Waals surface area contributed by atoms with E-state index in [2.05, 4.69) is 5.16 Å². The monoisotopic (exact) mass is 342 g/mol. The van der Waals surface area contributed by atoms with Crippen molar-refractivity contribution in [1.82, 2.24) is 0 Å². The maximum atomic E-state index is 10.6. The summed E-state index contributed by atoms with van der Waals surface area (Å²) < 4.78 is 5.14. The highest BCUT2D eigenvalue weighted by atomic mass is 16.6. The number of fused-ring (bicyclic) bond motifs is 1. The minimum Gasteiger partial charge on any atom is -0.504 e. The van der Waals surface area contributed by atoms with Crippen molar-refractivity contribution in [2.75, 3.05) is 7.11 Å². The number of aryl methyl sites for hydroxylation is 1. The third-order valence-electron chi connectivity index (χ3n) is 4.13. The number of non-ortho nitro benzene ring substituents is 1. The van der Waals surface area contributed by atoms with Gasteiger partial charge < -0.3 is 14.7 Å². The normalized spacial score (nSPS) is 14.8. The molecule has 0 amide bonds. The molecule has 1 aliphatic carbocycles. The fourth-order valence-corrected chi connectivity index (χ4v) is 2.82. The van der Waals surface area contributed by atoms with Crippen LogP contribution in [-0.4, -0.2) is 22.9 Å². The molecule has 7 nitrogen and oxygen atoms in total. The highest BCUT2D eigenvalue weighted by Gasteiger charge is 2.19. The molecular formula is C18H18N2O5. The van der Waals surface area contributed by atoms with Crippen LogP contribution in [0, 0.1) is 10.1 Å². The van der Waals surface area contributed by atoms with Crippen molar-refractivity contribution in [1.29, 1.82) is 0 Å². The predicted octanol–water partition coefficient (Wildman–Crippen LogP) is 3.57. The first kappa shape index (κ1) is 16.8. The summed E-state index contributed by atoms with van der Waals surface area (Å²) in [6.07, 6.45) is 2.60. The van der Waals surface area contributed by atoms with Crippen molar-refractivity contribution in [2.45, 2.75) is 25.9 Å². The first-order chi connectivity index (χ1) is 12.1. The van der Waals surface area contributed by atoms with E-state index in [1.807, 2.05) is 6.07 Å². The van der Waals surface area contributed by atoms with Crippen LogP contribution in [0.4, 0.5) is 5.69 Å². The molecule has 130 valence electrons. The Labute approximate surface area is 144 Å². The van der Waals surface area contributed by atoms with E-state index in [0.29, 0.717) is 5.75 Å². The average Bonchev–Trinajstić information content (AvgIpc) is 2.62. The maximum absolute atomic E-state index is 10.6. The number of nitro groups is 1. The number of nitrogens with zero attached hydrogens (tertiary/aromatic N) is 2. The zero-order valence-corrected chi connectivity index (χ0v) is 13.8. The number of benzene rings is 2. The lowest BCUT2D eigenvalue weighted by atomic mass is 9.89. The van der Waals surface area contributed by atoms with Gasteiger partial charge in [-0.2, -0.15) is 0 Å². The minimum absolute atomic E-state index is 0.0423. The van der Waals surface area contributed by atoms with Crippen LogP contribution in [0.3, 0.4) is 0 Å². The average molecular weight is 342 g/mol. The molecule has 0 spiro atoms. The van der Waals surface area contributed by atoms with Gasteiger partial charge >= 0.3 is 0 Å². The van der Waals surface area contributed by atoms with E-state index in [1.165, 1.54) is 19.2 Å². The molecule has 7 heteroatoms. The number of nitro benzene ring substituents is 1. The molecule has 0 aliphatic heterocycles. The molecule has 0 atom stereocenters. The number of oxime groups is 1. The Kier molecular flexibility index (Phi) is 4.83. The Balaban J connectivity index is 1.73. The molecule has 1 aliphatic rings. The fourth-order valence-electron chi connectivity index (χ4n) is 2.82. The second kappa shape index (κ2) is 7.21. The highest BCUT2D eigenvalue weighted by molar-refractivity contribution is 6.03. The molecule has 0 saturated carbocycles. The number of phenols is 1. The zero-order valence-electron chi connectivity index (χ0n) is 13.8. The van der Waals surface area contributed by atoms with Crippen molar-refractivity contribution >= 4 is 11.4 Å². The Morgan fingerprint density at radius 3 is 2.68 bits per heavy atom. The Hall–Kier alpha value is -3.09. The van der Waals surface area contributed by atoms with Gasteiger partial charge in [0.2, 0.25) is 0 Å². The largest absolute Gasteiger partial charge is 0.504 e. The van der Waals surface area contributed by atoms with Gasteiger partial charge in [0.1, 0.15) is 6.61 Å². The van der Waals surface area contributed by atoms with E-state index in [0.717, 1.165) is 41.7 Å². The maximum Gasteiger partial charge on any atom is 0.269 e. The van der Waals surface area contributed by atoms with Gasteiger partial charge in [-0.3, -0.25) is 10.1 Å². The van der Waals surface area contributed by atoms with Crippen LogP contribution in [0.1, 0.15) is 29.5 Å². The molecule has 0 radical (unpaired) electrons. The number of aromatic hydroxyl groups is 1. The van der Waals surface area contributed by atoms with Crippen molar-refractivity contribution in [3.63, 3.8) is 0 Å². The highest BCUT2D eigenvalue weighted by Crippen LogP contribution is 2.33. The molecule has 0 unspecified atom stereocenters. The summed E-state index contributed by atoms with van der Waals surface area (Å²) in [5.74, 6) is 0.526. The van der Waals surface area contributed by atoms with Crippen LogP contribution in [0.25, 0.3) is 0 Å². The number of ether oxygens (including phenoxy) is 1. The van der Waals surface area contributed by atoms with Gasteiger partial charge in [0.05, 0.1) is 17.7 Å². The summed E-state index contributed by atoms with van der Waals surface area (Å²) in [5, 5.41) is 24.8. The first-order valence-electron chi connectivity index (χ1n) is 7.91. The summed E-state index contributed by atoms with van der Waals surface area (Å²) >= 11 is 0. The van der Waals surface area contributed by atoms with E-state index in [-0.39, 0.29) is 18.0 Å². The van der Waals surface area contributed by atoms with Gasteiger partial charge in [0, 0.05) is 17.7 Å². The summed E-state index contributed by atoms with van der Waals surface area (Å²) in [4.78, 5) is 15.6. The molecule has 0 fully saturated rings. The van der Waals surface area contributed by atoms with Gasteiger partial charge in [-0.05, 0) is 54.7 Å². The van der Waals surface area contributed by atoms with E-state index in [9.17, 15) is 15.2 Å². The lowest BCUT2D eigenvalue weighted by Gasteiger charge is -2.19. The predicted molar refractivity (Wildman–Crippen MR) is 92.0 cm³/mol. The number of hydrogen-bond donors (Lipinski definition) is 1. The standard InChI is InChI=1S/C18H18N2O5/c1-24-18-9-13-3-2-4-16(15(13)10-17(18)21)19-25-11-12-5-7-14(8-6-12)20(22)23/h5-10,21H,2-4,11H2,1H3/b19-16+. The van der Waals surface area contributed by atoms with E-state index in [4.69, 9.17) is 9.57 Å². The molecule has 0 heterocycles. The van der Waals surface area contributed by atoms with E-state index in [1.54, 1.807) is 18.2 Å². The lowest BCUT2D eigenvalue weighted by molar-refractivity contribution is -0.384. The smallest absolute Gasteiger partial charge is 0.269 e. The topological polar surface area (TPSA) is 94.2 Å². The van der Waals surface area contributed by atoms with Gasteiger partial charge in [0.25, 0.3) is 5.69 Å². The lowest BCUT2D eigenvalue weighted by Crippen LogP contribution is -2.12. The van der Waals surface area contributed by atoms with Crippen LogP contribution in [-0.2, 0) is 17.9 Å². The first-order valence-corrected chi connectivity index (χ1v) is 7.91. The van der Waals surface area contributed by atoms with Gasteiger partial charge in [-0.1, -0.05) is 5.16 Å². The summed E-state index contributed by atoms with van der Waals surface area (Å²) in [7, 11) is 1.52. The molecule has 2 aromatic rings. The second-order valence-electron chi connectivity index (χ2n) is 5.77. The SMILES string of the molecule is COc1cc2c(cc1O)/C(=N/OCc1ccc([N+](=O)[O-])cc1)CCC2. The molecule has 0 bridgehead atoms. The van der Waals surface area contributed by atoms with Gasteiger partial charge in [0.15, 0.2) is 11.5 Å². The third kappa shape index (κ3) is 3.71. The number of rotatable bonds is 5. The van der Waals surface area contributed by atoms with Crippen molar-refractivity contribution in [3.8, 4) is 11.5 Å². The van der Waals surface area contributed by atoms with Crippen molar-refractivity contribution in [2.24, 2.45) is 5.16 Å². The molecular weight excluding hydrogens is 324 g/mol. The summed E-state index contributed by atoms with van der Waals surface area (Å²) in [6.45, 7) is 0.221. The second-order valence-corrected chi connectivity index (χ2v) is 5.77. The Bertz CT molecular complexity index is 815. The van der Waals surface area contributed by atoms with Crippen LogP contribution < -0.4 is 4.74 Å². The molecule has 0 saturated heterocycles. The van der Waals surface area contributed by atoms with Crippen LogP contribution >= 0.6 is 0 Å². The summed E-state index contributed by atoms with van der Waals surface area (Å²) in [6, 6.07) is 9.64. The summed E-state index contributed by atoms with van der Waals surface area (Å²) in [5.41, 5.74) is 3.55. The molecule has 25 heavy (non-hydrogen) atoms. The number of methoxy groups -OCH3 is 1. The number of hydrogen-bond acceptors (Lipinski definition) is 6. The minimum atomic E-state index is -0.440. The third-order valence-corrected chi connectivity index (χ3v) is 4.13. The van der Waals surface area contributed by atoms with Crippen LogP contribution in [0.15, 0.2) is 41.6 Å². The van der Waals surface area contributed by atoms with Crippen molar-refractivity contribution in [3.05, 3.63) is 63.2 Å². The van der Waals surface area contributed by atoms with Gasteiger partial charge in [-0.15, -0.1) is 0 Å². The molecule has 2 aromatic carbocycles. The van der Waals surface area contributed by atoms with Gasteiger partial charge in [-0.25, -0.2) is 0 Å². The van der Waals surface area contributed by atoms with Crippen LogP contribution in [0.2, 0.25) is 0 Å². The molecule has 1 N–H and O–H groups in total. The Morgan fingerprint density at radius 1 is 1.24 bits per heavy atom. The quantitative estimate of drug-likeness (QED) is 0.662. The Morgan fingerprint density at radius 2 is 2.00 bits per heavy atom. The van der Waals surface area contributed by atoms with E-state index >= 15 is 0 Å². The van der Waals surface area contributed by atoms with E-state index < -0.39 is 4.92 Å². The zero-order chi connectivity index (χ0) is 17.8. The molecule has 3 rings (SSSR count). The number of phenolic OH excluding ortho intramolecular Hbond substituents is 1. The van der Waals surface area contributed by atoms with Crippen molar-refractivity contribution < 1.29 is 19.6 Å². The van der Waals surface area contributed by atoms with Crippen LogP contribution in [0.5, 0.6) is 11.5 Å².